The highest BCUT2D eigenvalue weighted by Crippen LogP contribution is 2.33. The number of hydrogen-bond donors (Lipinski definition) is 2. The van der Waals surface area contributed by atoms with Crippen molar-refractivity contribution in [2.24, 2.45) is 0 Å². The standard InChI is InChI=1S/C18H26N2O/c21-18-17(8-4-5-13-19-18)20-16-11-9-15(10-12-16)14-6-2-1-3-7-14/h1-3,6-7,15-17,20H,4-5,8-13H2,(H,19,21)/t15?,16?,17-/m1/s1. The predicted octanol–water partition coefficient (Wildman–Crippen LogP) is 2.97. The Morgan fingerprint density at radius 3 is 2.48 bits per heavy atom. The second-order valence-corrected chi connectivity index (χ2v) is 6.47. The van der Waals surface area contributed by atoms with Crippen molar-refractivity contribution in [3.8, 4) is 0 Å². The molecule has 3 rings (SSSR count). The molecule has 2 N–H and O–H groups in total. The molecule has 0 aromatic heterocycles. The fourth-order valence-corrected chi connectivity index (χ4v) is 3.70. The van der Waals surface area contributed by atoms with Crippen LogP contribution in [-0.4, -0.2) is 24.5 Å². The minimum absolute atomic E-state index is 0.0331. The highest BCUT2D eigenvalue weighted by molar-refractivity contribution is 5.81. The van der Waals surface area contributed by atoms with Gasteiger partial charge < -0.3 is 10.6 Å². The van der Waals surface area contributed by atoms with Gasteiger partial charge in [-0.3, -0.25) is 4.79 Å². The molecule has 1 aliphatic heterocycles. The quantitative estimate of drug-likeness (QED) is 0.897. The third-order valence-electron chi connectivity index (χ3n) is 4.97. The second-order valence-electron chi connectivity index (χ2n) is 6.47. The monoisotopic (exact) mass is 286 g/mol. The number of amides is 1. The maximum absolute atomic E-state index is 12.0. The highest BCUT2D eigenvalue weighted by Gasteiger charge is 2.27. The lowest BCUT2D eigenvalue weighted by Gasteiger charge is -2.31. The van der Waals surface area contributed by atoms with Gasteiger partial charge in [0.15, 0.2) is 0 Å². The van der Waals surface area contributed by atoms with Crippen LogP contribution in [0.4, 0.5) is 0 Å². The van der Waals surface area contributed by atoms with Crippen LogP contribution >= 0.6 is 0 Å². The number of hydrogen-bond acceptors (Lipinski definition) is 2. The van der Waals surface area contributed by atoms with Crippen molar-refractivity contribution in [3.05, 3.63) is 35.9 Å². The van der Waals surface area contributed by atoms with E-state index in [2.05, 4.69) is 41.0 Å². The van der Waals surface area contributed by atoms with E-state index in [0.29, 0.717) is 12.0 Å². The second kappa shape index (κ2) is 7.08. The third-order valence-corrected chi connectivity index (χ3v) is 4.97. The van der Waals surface area contributed by atoms with E-state index in [9.17, 15) is 4.79 Å². The zero-order chi connectivity index (χ0) is 14.5. The molecule has 1 saturated carbocycles. The lowest BCUT2D eigenvalue weighted by atomic mass is 9.81. The van der Waals surface area contributed by atoms with Crippen molar-refractivity contribution in [2.75, 3.05) is 6.54 Å². The molecule has 3 heteroatoms. The Labute approximate surface area is 127 Å². The Hall–Kier alpha value is -1.35. The van der Waals surface area contributed by atoms with Crippen LogP contribution in [-0.2, 0) is 4.79 Å². The lowest BCUT2D eigenvalue weighted by molar-refractivity contribution is -0.123. The number of rotatable bonds is 3. The van der Waals surface area contributed by atoms with E-state index in [1.165, 1.54) is 31.2 Å². The minimum Gasteiger partial charge on any atom is -0.355 e. The molecule has 0 bridgehead atoms. The third kappa shape index (κ3) is 3.85. The average molecular weight is 286 g/mol. The molecular formula is C18H26N2O. The summed E-state index contributed by atoms with van der Waals surface area (Å²) in [5.41, 5.74) is 1.48. The van der Waals surface area contributed by atoms with Crippen molar-refractivity contribution in [2.45, 2.75) is 62.9 Å². The van der Waals surface area contributed by atoms with Crippen LogP contribution in [0.2, 0.25) is 0 Å². The molecule has 2 aliphatic rings. The van der Waals surface area contributed by atoms with Gasteiger partial charge in [-0.15, -0.1) is 0 Å². The molecule has 1 aliphatic carbocycles. The van der Waals surface area contributed by atoms with E-state index in [1.807, 2.05) is 0 Å². The van der Waals surface area contributed by atoms with Gasteiger partial charge in [0.2, 0.25) is 5.91 Å². The van der Waals surface area contributed by atoms with Gasteiger partial charge in [-0.25, -0.2) is 0 Å². The van der Waals surface area contributed by atoms with Crippen LogP contribution in [0.25, 0.3) is 0 Å². The fraction of sp³-hybridized carbons (Fsp3) is 0.611. The first-order valence-corrected chi connectivity index (χ1v) is 8.41. The van der Waals surface area contributed by atoms with Gasteiger partial charge in [0, 0.05) is 12.6 Å². The van der Waals surface area contributed by atoms with Crippen molar-refractivity contribution in [1.29, 1.82) is 0 Å². The maximum atomic E-state index is 12.0. The van der Waals surface area contributed by atoms with E-state index in [4.69, 9.17) is 0 Å². The van der Waals surface area contributed by atoms with Crippen molar-refractivity contribution in [3.63, 3.8) is 0 Å². The zero-order valence-corrected chi connectivity index (χ0v) is 12.7. The largest absolute Gasteiger partial charge is 0.355 e. The van der Waals surface area contributed by atoms with Crippen LogP contribution < -0.4 is 10.6 Å². The number of carbonyl (C=O) groups is 1. The van der Waals surface area contributed by atoms with E-state index in [-0.39, 0.29) is 11.9 Å². The van der Waals surface area contributed by atoms with E-state index in [0.717, 1.165) is 25.8 Å². The van der Waals surface area contributed by atoms with Gasteiger partial charge in [-0.1, -0.05) is 30.3 Å². The zero-order valence-electron chi connectivity index (χ0n) is 12.7. The summed E-state index contributed by atoms with van der Waals surface area (Å²) in [5.74, 6) is 0.907. The molecule has 0 radical (unpaired) electrons. The van der Waals surface area contributed by atoms with Gasteiger partial charge in [0.25, 0.3) is 0 Å². The number of carbonyl (C=O) groups excluding carboxylic acids is 1. The summed E-state index contributed by atoms with van der Waals surface area (Å²) >= 11 is 0. The van der Waals surface area contributed by atoms with E-state index in [1.54, 1.807) is 0 Å². The van der Waals surface area contributed by atoms with E-state index < -0.39 is 0 Å². The summed E-state index contributed by atoms with van der Waals surface area (Å²) in [6.45, 7) is 0.845. The summed E-state index contributed by atoms with van der Waals surface area (Å²) in [6.07, 6.45) is 8.09. The fourth-order valence-electron chi connectivity index (χ4n) is 3.70. The molecular weight excluding hydrogens is 260 g/mol. The van der Waals surface area contributed by atoms with Crippen LogP contribution in [0.3, 0.4) is 0 Å². The molecule has 1 atom stereocenters. The Morgan fingerprint density at radius 2 is 1.71 bits per heavy atom. The Balaban J connectivity index is 1.50. The predicted molar refractivity (Wildman–Crippen MR) is 85.2 cm³/mol. The summed E-state index contributed by atoms with van der Waals surface area (Å²) in [5, 5.41) is 6.62. The first kappa shape index (κ1) is 14.6. The molecule has 114 valence electrons. The molecule has 1 aromatic rings. The van der Waals surface area contributed by atoms with Gasteiger partial charge in [-0.05, 0) is 56.4 Å². The van der Waals surface area contributed by atoms with Crippen LogP contribution in [0, 0.1) is 0 Å². The topological polar surface area (TPSA) is 41.1 Å². The Bertz CT molecular complexity index is 452. The Kier molecular flexibility index (Phi) is 4.91. The van der Waals surface area contributed by atoms with Gasteiger partial charge in [0.1, 0.15) is 0 Å². The van der Waals surface area contributed by atoms with Crippen molar-refractivity contribution < 1.29 is 4.79 Å². The maximum Gasteiger partial charge on any atom is 0.237 e. The molecule has 3 nitrogen and oxygen atoms in total. The summed E-state index contributed by atoms with van der Waals surface area (Å²) in [7, 11) is 0. The van der Waals surface area contributed by atoms with Gasteiger partial charge in [0.05, 0.1) is 6.04 Å². The molecule has 1 aromatic carbocycles. The van der Waals surface area contributed by atoms with Crippen LogP contribution in [0.5, 0.6) is 0 Å². The normalized spacial score (nSPS) is 30.5. The SMILES string of the molecule is O=C1NCCCC[C@H]1NC1CCC(c2ccccc2)CC1. The van der Waals surface area contributed by atoms with Crippen LogP contribution in [0.15, 0.2) is 30.3 Å². The Morgan fingerprint density at radius 1 is 0.952 bits per heavy atom. The molecule has 0 spiro atoms. The van der Waals surface area contributed by atoms with Crippen molar-refractivity contribution >= 4 is 5.91 Å². The average Bonchev–Trinajstić information content (AvgIpc) is 2.74. The smallest absolute Gasteiger partial charge is 0.237 e. The van der Waals surface area contributed by atoms with Gasteiger partial charge in [-0.2, -0.15) is 0 Å². The first-order chi connectivity index (χ1) is 10.3. The molecule has 1 heterocycles. The van der Waals surface area contributed by atoms with Crippen LogP contribution in [0.1, 0.15) is 56.4 Å². The summed E-state index contributed by atoms with van der Waals surface area (Å²) in [4.78, 5) is 12.0. The highest BCUT2D eigenvalue weighted by atomic mass is 16.2. The minimum atomic E-state index is 0.0331. The summed E-state index contributed by atoms with van der Waals surface area (Å²) < 4.78 is 0. The van der Waals surface area contributed by atoms with Crippen molar-refractivity contribution in [1.82, 2.24) is 10.6 Å². The van der Waals surface area contributed by atoms with Gasteiger partial charge >= 0.3 is 0 Å². The molecule has 0 unspecified atom stereocenters. The van der Waals surface area contributed by atoms with E-state index >= 15 is 0 Å². The molecule has 21 heavy (non-hydrogen) atoms. The molecule has 1 saturated heterocycles. The number of benzene rings is 1. The summed E-state index contributed by atoms with van der Waals surface area (Å²) in [6, 6.07) is 11.4. The number of nitrogens with one attached hydrogen (secondary N) is 2. The molecule has 1 amide bonds. The lowest BCUT2D eigenvalue weighted by Crippen LogP contribution is -2.48. The molecule has 2 fully saturated rings. The first-order valence-electron chi connectivity index (χ1n) is 8.41.